The first-order valence-corrected chi connectivity index (χ1v) is 7.65. The van der Waals surface area contributed by atoms with Gasteiger partial charge in [0, 0.05) is 5.56 Å². The first kappa shape index (κ1) is 15.7. The second kappa shape index (κ2) is 6.91. The van der Waals surface area contributed by atoms with E-state index in [0.29, 0.717) is 5.69 Å². The standard InChI is InChI=1S/C19H18N4O/c1-13-8-9-16(14(2)10-13)12-20-23-19(24)18-11-17(21-22-18)15-6-4-3-5-7-15/h3-12H,1-2H3,(H,21,22)(H,23,24)/b20-12-. The van der Waals surface area contributed by atoms with Gasteiger partial charge in [-0.1, -0.05) is 54.1 Å². The van der Waals surface area contributed by atoms with E-state index in [-0.39, 0.29) is 5.91 Å². The minimum atomic E-state index is -0.328. The zero-order valence-electron chi connectivity index (χ0n) is 13.6. The van der Waals surface area contributed by atoms with Crippen LogP contribution in [-0.2, 0) is 0 Å². The third-order valence-electron chi connectivity index (χ3n) is 3.69. The van der Waals surface area contributed by atoms with Crippen molar-refractivity contribution < 1.29 is 4.79 Å². The molecule has 0 spiro atoms. The van der Waals surface area contributed by atoms with Crippen LogP contribution < -0.4 is 5.43 Å². The zero-order chi connectivity index (χ0) is 16.9. The molecule has 0 saturated carbocycles. The summed E-state index contributed by atoms with van der Waals surface area (Å²) in [6, 6.07) is 17.4. The van der Waals surface area contributed by atoms with Crippen LogP contribution in [0.5, 0.6) is 0 Å². The van der Waals surface area contributed by atoms with Crippen LogP contribution in [0.25, 0.3) is 11.3 Å². The summed E-state index contributed by atoms with van der Waals surface area (Å²) in [5.41, 5.74) is 7.83. The smallest absolute Gasteiger partial charge is 0.272 e. The van der Waals surface area contributed by atoms with Crippen molar-refractivity contribution in [1.29, 1.82) is 0 Å². The Labute approximate surface area is 140 Å². The molecular weight excluding hydrogens is 300 g/mol. The van der Waals surface area contributed by atoms with Crippen molar-refractivity contribution in [3.05, 3.63) is 77.0 Å². The highest BCUT2D eigenvalue weighted by Crippen LogP contribution is 2.16. The van der Waals surface area contributed by atoms with E-state index in [2.05, 4.69) is 26.8 Å². The average Bonchev–Trinajstić information content (AvgIpc) is 3.08. The van der Waals surface area contributed by atoms with Gasteiger partial charge >= 0.3 is 0 Å². The minimum Gasteiger partial charge on any atom is -0.272 e. The number of nitrogens with one attached hydrogen (secondary N) is 2. The van der Waals surface area contributed by atoms with Crippen LogP contribution in [0, 0.1) is 13.8 Å². The molecule has 5 heteroatoms. The van der Waals surface area contributed by atoms with Crippen LogP contribution in [0.3, 0.4) is 0 Å². The molecule has 0 aliphatic heterocycles. The number of aromatic nitrogens is 2. The number of hydrazone groups is 1. The Morgan fingerprint density at radius 1 is 1.12 bits per heavy atom. The van der Waals surface area contributed by atoms with Crippen LogP contribution >= 0.6 is 0 Å². The van der Waals surface area contributed by atoms with E-state index in [4.69, 9.17) is 0 Å². The molecule has 0 aliphatic rings. The van der Waals surface area contributed by atoms with Gasteiger partial charge in [0.15, 0.2) is 0 Å². The first-order valence-electron chi connectivity index (χ1n) is 7.65. The summed E-state index contributed by atoms with van der Waals surface area (Å²) in [6.45, 7) is 4.05. The Balaban J connectivity index is 1.67. The highest BCUT2D eigenvalue weighted by atomic mass is 16.2. The maximum absolute atomic E-state index is 12.1. The molecule has 1 amide bonds. The second-order valence-corrected chi connectivity index (χ2v) is 5.59. The Hall–Kier alpha value is -3.21. The van der Waals surface area contributed by atoms with Crippen LogP contribution in [0.4, 0.5) is 0 Å². The number of aryl methyl sites for hydroxylation is 2. The Bertz CT molecular complexity index is 881. The third-order valence-corrected chi connectivity index (χ3v) is 3.69. The van der Waals surface area contributed by atoms with Crippen molar-refractivity contribution in [2.75, 3.05) is 0 Å². The lowest BCUT2D eigenvalue weighted by atomic mass is 10.1. The van der Waals surface area contributed by atoms with Gasteiger partial charge in [-0.25, -0.2) is 5.43 Å². The average molecular weight is 318 g/mol. The molecule has 1 aromatic heterocycles. The topological polar surface area (TPSA) is 70.1 Å². The van der Waals surface area contributed by atoms with Gasteiger partial charge in [0.1, 0.15) is 5.69 Å². The summed E-state index contributed by atoms with van der Waals surface area (Å²) >= 11 is 0. The summed E-state index contributed by atoms with van der Waals surface area (Å²) in [4.78, 5) is 12.1. The van der Waals surface area contributed by atoms with Crippen molar-refractivity contribution in [2.45, 2.75) is 13.8 Å². The van der Waals surface area contributed by atoms with Crippen LogP contribution in [-0.4, -0.2) is 22.3 Å². The van der Waals surface area contributed by atoms with Gasteiger partial charge < -0.3 is 0 Å². The van der Waals surface area contributed by atoms with Gasteiger partial charge in [0.05, 0.1) is 11.9 Å². The molecule has 2 N–H and O–H groups in total. The van der Waals surface area contributed by atoms with E-state index in [0.717, 1.165) is 22.4 Å². The quantitative estimate of drug-likeness (QED) is 0.571. The van der Waals surface area contributed by atoms with Gasteiger partial charge in [-0.15, -0.1) is 0 Å². The SMILES string of the molecule is Cc1ccc(/C=N\NC(=O)c2cc(-c3ccccc3)n[nH]2)c(C)c1. The molecular formula is C19H18N4O. The van der Waals surface area contributed by atoms with E-state index in [9.17, 15) is 4.79 Å². The van der Waals surface area contributed by atoms with Crippen molar-refractivity contribution >= 4 is 12.1 Å². The zero-order valence-corrected chi connectivity index (χ0v) is 13.6. The van der Waals surface area contributed by atoms with Gasteiger partial charge in [-0.3, -0.25) is 9.89 Å². The van der Waals surface area contributed by atoms with Crippen LogP contribution in [0.1, 0.15) is 27.2 Å². The lowest BCUT2D eigenvalue weighted by Gasteiger charge is -2.01. The number of nitrogens with zero attached hydrogens (tertiary/aromatic N) is 2. The number of aromatic amines is 1. The summed E-state index contributed by atoms with van der Waals surface area (Å²) in [5.74, 6) is -0.328. The molecule has 3 aromatic rings. The van der Waals surface area contributed by atoms with E-state index in [1.165, 1.54) is 5.56 Å². The monoisotopic (exact) mass is 318 g/mol. The lowest BCUT2D eigenvalue weighted by Crippen LogP contribution is -2.18. The maximum atomic E-state index is 12.1. The molecule has 0 aliphatic carbocycles. The van der Waals surface area contributed by atoms with Gasteiger partial charge in [0.25, 0.3) is 5.91 Å². The molecule has 24 heavy (non-hydrogen) atoms. The molecule has 1 heterocycles. The number of carbonyl (C=O) groups excluding carboxylic acids is 1. The Kier molecular flexibility index (Phi) is 4.52. The molecule has 0 bridgehead atoms. The predicted octanol–water partition coefficient (Wildman–Crippen LogP) is 3.46. The molecule has 120 valence electrons. The van der Waals surface area contributed by atoms with Crippen molar-refractivity contribution in [3.63, 3.8) is 0 Å². The predicted molar refractivity (Wildman–Crippen MR) is 95.0 cm³/mol. The summed E-state index contributed by atoms with van der Waals surface area (Å²) in [7, 11) is 0. The fourth-order valence-corrected chi connectivity index (χ4v) is 2.39. The van der Waals surface area contributed by atoms with Crippen molar-refractivity contribution in [1.82, 2.24) is 15.6 Å². The highest BCUT2D eigenvalue weighted by Gasteiger charge is 2.10. The van der Waals surface area contributed by atoms with Crippen molar-refractivity contribution in [3.8, 4) is 11.3 Å². The third kappa shape index (κ3) is 3.57. The molecule has 0 unspecified atom stereocenters. The molecule has 2 aromatic carbocycles. The summed E-state index contributed by atoms with van der Waals surface area (Å²) in [5, 5.41) is 10.9. The number of carbonyl (C=O) groups is 1. The first-order chi connectivity index (χ1) is 11.6. The molecule has 0 atom stereocenters. The summed E-state index contributed by atoms with van der Waals surface area (Å²) in [6.07, 6.45) is 1.64. The molecule has 0 saturated heterocycles. The highest BCUT2D eigenvalue weighted by molar-refractivity contribution is 5.94. The molecule has 5 nitrogen and oxygen atoms in total. The number of hydrogen-bond acceptors (Lipinski definition) is 3. The van der Waals surface area contributed by atoms with E-state index >= 15 is 0 Å². The van der Waals surface area contributed by atoms with Gasteiger partial charge in [0.2, 0.25) is 0 Å². The number of rotatable bonds is 4. The van der Waals surface area contributed by atoms with Gasteiger partial charge in [-0.2, -0.15) is 10.2 Å². The van der Waals surface area contributed by atoms with Crippen molar-refractivity contribution in [2.24, 2.45) is 5.10 Å². The Morgan fingerprint density at radius 2 is 1.92 bits per heavy atom. The van der Waals surface area contributed by atoms with Gasteiger partial charge in [-0.05, 0) is 31.0 Å². The number of amides is 1. The van der Waals surface area contributed by atoms with E-state index in [1.807, 2.05) is 56.3 Å². The molecule has 0 radical (unpaired) electrons. The largest absolute Gasteiger partial charge is 0.289 e. The molecule has 0 fully saturated rings. The normalized spacial score (nSPS) is 10.9. The maximum Gasteiger partial charge on any atom is 0.289 e. The lowest BCUT2D eigenvalue weighted by molar-refractivity contribution is 0.0950. The number of hydrogen-bond donors (Lipinski definition) is 2. The van der Waals surface area contributed by atoms with E-state index < -0.39 is 0 Å². The second-order valence-electron chi connectivity index (χ2n) is 5.59. The van der Waals surface area contributed by atoms with E-state index in [1.54, 1.807) is 12.3 Å². The number of benzene rings is 2. The minimum absolute atomic E-state index is 0.328. The Morgan fingerprint density at radius 3 is 2.67 bits per heavy atom. The number of H-pyrrole nitrogens is 1. The molecule has 3 rings (SSSR count). The van der Waals surface area contributed by atoms with Crippen LogP contribution in [0.2, 0.25) is 0 Å². The van der Waals surface area contributed by atoms with Crippen LogP contribution in [0.15, 0.2) is 59.7 Å². The fraction of sp³-hybridized carbons (Fsp3) is 0.105. The fourth-order valence-electron chi connectivity index (χ4n) is 2.39. The summed E-state index contributed by atoms with van der Waals surface area (Å²) < 4.78 is 0.